The van der Waals surface area contributed by atoms with E-state index in [4.69, 9.17) is 0 Å². The van der Waals surface area contributed by atoms with Gasteiger partial charge in [-0.05, 0) is 50.9 Å². The second kappa shape index (κ2) is 6.33. The first-order chi connectivity index (χ1) is 8.69. The normalized spacial score (nSPS) is 18.8. The van der Waals surface area contributed by atoms with E-state index in [0.717, 1.165) is 17.3 Å². The Bertz CT molecular complexity index is 360. The minimum absolute atomic E-state index is 0.494. The first kappa shape index (κ1) is 13.5. The Labute approximate surface area is 111 Å². The van der Waals surface area contributed by atoms with Crippen molar-refractivity contribution < 1.29 is 0 Å². The van der Waals surface area contributed by atoms with Crippen LogP contribution >= 0.6 is 0 Å². The third kappa shape index (κ3) is 3.55. The van der Waals surface area contributed by atoms with E-state index < -0.39 is 0 Å². The molecule has 1 aliphatic rings. The van der Waals surface area contributed by atoms with Gasteiger partial charge in [0, 0.05) is 17.4 Å². The number of aromatic nitrogens is 1. The van der Waals surface area contributed by atoms with E-state index in [1.165, 1.54) is 44.1 Å². The minimum atomic E-state index is 0.494. The summed E-state index contributed by atoms with van der Waals surface area (Å²) in [5.41, 5.74) is 3.68. The number of nitrogens with zero attached hydrogens (tertiary/aromatic N) is 1. The highest BCUT2D eigenvalue weighted by Gasteiger charge is 2.19. The molecular weight excluding hydrogens is 220 g/mol. The van der Waals surface area contributed by atoms with Crippen LogP contribution in [0, 0.1) is 19.8 Å². The monoisotopic (exact) mass is 246 g/mol. The Morgan fingerprint density at radius 1 is 1.17 bits per heavy atom. The van der Waals surface area contributed by atoms with Crippen LogP contribution in [0.4, 0.5) is 0 Å². The van der Waals surface area contributed by atoms with Crippen LogP contribution in [-0.4, -0.2) is 12.0 Å². The standard InChI is InChI=1S/C16H26N2/c1-12-9-15(10-13(2)18-12)16(17-3)11-14-7-5-4-6-8-14/h9-10,14,16-17H,4-8,11H2,1-3H3. The third-order valence-corrected chi connectivity index (χ3v) is 4.15. The molecule has 1 atom stereocenters. The molecule has 18 heavy (non-hydrogen) atoms. The molecule has 0 amide bonds. The minimum Gasteiger partial charge on any atom is -0.313 e. The van der Waals surface area contributed by atoms with Crippen LogP contribution in [0.1, 0.15) is 61.5 Å². The third-order valence-electron chi connectivity index (χ3n) is 4.15. The van der Waals surface area contributed by atoms with E-state index in [9.17, 15) is 0 Å². The number of rotatable bonds is 4. The predicted octanol–water partition coefficient (Wildman–Crippen LogP) is 3.93. The lowest BCUT2D eigenvalue weighted by atomic mass is 9.83. The van der Waals surface area contributed by atoms with Gasteiger partial charge in [-0.3, -0.25) is 4.98 Å². The van der Waals surface area contributed by atoms with Gasteiger partial charge in [-0.25, -0.2) is 0 Å². The maximum Gasteiger partial charge on any atom is 0.0379 e. The molecule has 0 radical (unpaired) electrons. The van der Waals surface area contributed by atoms with E-state index in [1.54, 1.807) is 0 Å². The Hall–Kier alpha value is -0.890. The van der Waals surface area contributed by atoms with Gasteiger partial charge in [-0.1, -0.05) is 32.1 Å². The maximum absolute atomic E-state index is 4.47. The largest absolute Gasteiger partial charge is 0.313 e. The van der Waals surface area contributed by atoms with E-state index >= 15 is 0 Å². The quantitative estimate of drug-likeness (QED) is 0.870. The van der Waals surface area contributed by atoms with Gasteiger partial charge < -0.3 is 5.32 Å². The summed E-state index contributed by atoms with van der Waals surface area (Å²) < 4.78 is 0. The number of nitrogens with one attached hydrogen (secondary N) is 1. The topological polar surface area (TPSA) is 24.9 Å². The second-order valence-corrected chi connectivity index (χ2v) is 5.76. The van der Waals surface area contributed by atoms with Crippen molar-refractivity contribution in [3.63, 3.8) is 0 Å². The van der Waals surface area contributed by atoms with Gasteiger partial charge >= 0.3 is 0 Å². The predicted molar refractivity (Wildman–Crippen MR) is 76.7 cm³/mol. The lowest BCUT2D eigenvalue weighted by Crippen LogP contribution is -2.21. The Balaban J connectivity index is 2.06. The van der Waals surface area contributed by atoms with Crippen LogP contribution in [0.5, 0.6) is 0 Å². The van der Waals surface area contributed by atoms with E-state index in [2.05, 4.69) is 43.3 Å². The molecule has 0 aliphatic heterocycles. The zero-order valence-corrected chi connectivity index (χ0v) is 12.0. The highest BCUT2D eigenvalue weighted by atomic mass is 14.9. The molecule has 1 N–H and O–H groups in total. The molecule has 0 bridgehead atoms. The fourth-order valence-corrected chi connectivity index (χ4v) is 3.24. The van der Waals surface area contributed by atoms with E-state index in [0.29, 0.717) is 6.04 Å². The summed E-state index contributed by atoms with van der Waals surface area (Å²) in [6.07, 6.45) is 8.40. The molecule has 1 saturated carbocycles. The number of pyridine rings is 1. The van der Waals surface area contributed by atoms with Crippen molar-refractivity contribution in [1.29, 1.82) is 0 Å². The molecule has 0 spiro atoms. The molecule has 0 saturated heterocycles. The summed E-state index contributed by atoms with van der Waals surface area (Å²) in [6.45, 7) is 4.17. The zero-order chi connectivity index (χ0) is 13.0. The fourth-order valence-electron chi connectivity index (χ4n) is 3.24. The van der Waals surface area contributed by atoms with Crippen LogP contribution in [0.15, 0.2) is 12.1 Å². The molecule has 100 valence electrons. The molecule has 1 unspecified atom stereocenters. The average Bonchev–Trinajstić information content (AvgIpc) is 2.36. The summed E-state index contributed by atoms with van der Waals surface area (Å²) in [4.78, 5) is 4.47. The van der Waals surface area contributed by atoms with E-state index in [1.807, 2.05) is 0 Å². The smallest absolute Gasteiger partial charge is 0.0379 e. The molecule has 1 aromatic heterocycles. The SMILES string of the molecule is CNC(CC1CCCCC1)c1cc(C)nc(C)c1. The average molecular weight is 246 g/mol. The molecule has 1 aromatic rings. The Morgan fingerprint density at radius 2 is 1.78 bits per heavy atom. The van der Waals surface area contributed by atoms with Crippen molar-refractivity contribution in [3.8, 4) is 0 Å². The summed E-state index contributed by atoms with van der Waals surface area (Å²) in [7, 11) is 2.08. The number of hydrogen-bond donors (Lipinski definition) is 1. The van der Waals surface area contributed by atoms with Crippen LogP contribution in [0.25, 0.3) is 0 Å². The van der Waals surface area contributed by atoms with Gasteiger partial charge in [0.2, 0.25) is 0 Å². The Morgan fingerprint density at radius 3 is 2.33 bits per heavy atom. The summed E-state index contributed by atoms with van der Waals surface area (Å²) in [5.74, 6) is 0.907. The van der Waals surface area contributed by atoms with Crippen LogP contribution in [-0.2, 0) is 0 Å². The van der Waals surface area contributed by atoms with Crippen molar-refractivity contribution in [2.24, 2.45) is 5.92 Å². The molecule has 2 nitrogen and oxygen atoms in total. The van der Waals surface area contributed by atoms with Crippen molar-refractivity contribution in [2.75, 3.05) is 7.05 Å². The lowest BCUT2D eigenvalue weighted by molar-refractivity contribution is 0.305. The zero-order valence-electron chi connectivity index (χ0n) is 12.0. The van der Waals surface area contributed by atoms with Gasteiger partial charge in [0.1, 0.15) is 0 Å². The second-order valence-electron chi connectivity index (χ2n) is 5.76. The summed E-state index contributed by atoms with van der Waals surface area (Å²) in [5, 5.41) is 3.49. The van der Waals surface area contributed by atoms with Crippen molar-refractivity contribution in [3.05, 3.63) is 29.1 Å². The first-order valence-corrected chi connectivity index (χ1v) is 7.31. The van der Waals surface area contributed by atoms with E-state index in [-0.39, 0.29) is 0 Å². The highest BCUT2D eigenvalue weighted by molar-refractivity contribution is 5.23. The molecule has 1 aliphatic carbocycles. The molecule has 1 fully saturated rings. The van der Waals surface area contributed by atoms with Crippen LogP contribution in [0.2, 0.25) is 0 Å². The first-order valence-electron chi connectivity index (χ1n) is 7.31. The molecule has 0 aromatic carbocycles. The van der Waals surface area contributed by atoms with Gasteiger partial charge in [-0.15, -0.1) is 0 Å². The van der Waals surface area contributed by atoms with Gasteiger partial charge in [-0.2, -0.15) is 0 Å². The van der Waals surface area contributed by atoms with Gasteiger partial charge in [0.25, 0.3) is 0 Å². The highest BCUT2D eigenvalue weighted by Crippen LogP contribution is 2.31. The van der Waals surface area contributed by atoms with Gasteiger partial charge in [0.05, 0.1) is 0 Å². The lowest BCUT2D eigenvalue weighted by Gasteiger charge is -2.27. The molecule has 2 rings (SSSR count). The van der Waals surface area contributed by atoms with Crippen molar-refractivity contribution in [2.45, 2.75) is 58.4 Å². The van der Waals surface area contributed by atoms with Crippen molar-refractivity contribution >= 4 is 0 Å². The summed E-state index contributed by atoms with van der Waals surface area (Å²) >= 11 is 0. The molecule has 1 heterocycles. The van der Waals surface area contributed by atoms with Crippen LogP contribution < -0.4 is 5.32 Å². The summed E-state index contributed by atoms with van der Waals surface area (Å²) in [6, 6.07) is 4.96. The van der Waals surface area contributed by atoms with Gasteiger partial charge in [0.15, 0.2) is 0 Å². The van der Waals surface area contributed by atoms with Crippen LogP contribution in [0.3, 0.4) is 0 Å². The number of aryl methyl sites for hydroxylation is 2. The Kier molecular flexibility index (Phi) is 4.76. The fraction of sp³-hybridized carbons (Fsp3) is 0.688. The van der Waals surface area contributed by atoms with Crippen molar-refractivity contribution in [1.82, 2.24) is 10.3 Å². The molecular formula is C16H26N2. The molecule has 2 heteroatoms. The maximum atomic E-state index is 4.47. The number of hydrogen-bond acceptors (Lipinski definition) is 2.